The number of likely N-dealkylation sites (N-methyl/N-ethyl adjacent to an activating group) is 1. The summed E-state index contributed by atoms with van der Waals surface area (Å²) in [6.45, 7) is 4.88. The third-order valence-electron chi connectivity index (χ3n) is 6.50. The van der Waals surface area contributed by atoms with Crippen molar-refractivity contribution in [2.24, 2.45) is 0 Å². The van der Waals surface area contributed by atoms with Crippen LogP contribution in [0, 0.1) is 0 Å². The van der Waals surface area contributed by atoms with Crippen molar-refractivity contribution in [1.82, 2.24) is 19.7 Å². The van der Waals surface area contributed by atoms with Gasteiger partial charge in [0.25, 0.3) is 5.91 Å². The summed E-state index contributed by atoms with van der Waals surface area (Å²) in [7, 11) is 3.54. The average molecular weight is 437 g/mol. The van der Waals surface area contributed by atoms with Gasteiger partial charge in [-0.2, -0.15) is 0 Å². The molecule has 2 aliphatic heterocycles. The standard InChI is InChI=1S/C25H32N4O3/c1-27(2)24(31)25(22-10-5-6-12-26-22)11-7-13-29(19-25)23(30)21-9-4-3-8-20(21)18-28-14-16-32-17-15-28/h3-6,8-10,12H,7,11,13-19H2,1-2H3. The molecule has 7 heteroatoms. The topological polar surface area (TPSA) is 66.0 Å². The molecule has 3 heterocycles. The Morgan fingerprint density at radius 1 is 1.06 bits per heavy atom. The Morgan fingerprint density at radius 2 is 1.81 bits per heavy atom. The maximum absolute atomic E-state index is 13.7. The molecule has 2 aliphatic rings. The predicted molar refractivity (Wildman–Crippen MR) is 122 cm³/mol. The Morgan fingerprint density at radius 3 is 2.53 bits per heavy atom. The molecular formula is C25H32N4O3. The fourth-order valence-electron chi connectivity index (χ4n) is 4.83. The molecule has 2 aromatic rings. The Kier molecular flexibility index (Phi) is 6.86. The number of amides is 2. The minimum Gasteiger partial charge on any atom is -0.379 e. The maximum atomic E-state index is 13.7. The van der Waals surface area contributed by atoms with Gasteiger partial charge in [-0.25, -0.2) is 0 Å². The number of hydrogen-bond donors (Lipinski definition) is 0. The lowest BCUT2D eigenvalue weighted by Gasteiger charge is -2.42. The van der Waals surface area contributed by atoms with Crippen LogP contribution in [0.3, 0.4) is 0 Å². The predicted octanol–water partition coefficient (Wildman–Crippen LogP) is 2.18. The highest BCUT2D eigenvalue weighted by molar-refractivity contribution is 5.97. The monoisotopic (exact) mass is 436 g/mol. The number of benzene rings is 1. The molecule has 4 rings (SSSR count). The van der Waals surface area contributed by atoms with Crippen molar-refractivity contribution in [3.05, 3.63) is 65.5 Å². The molecule has 0 bridgehead atoms. The second-order valence-corrected chi connectivity index (χ2v) is 8.87. The van der Waals surface area contributed by atoms with Gasteiger partial charge in [-0.1, -0.05) is 24.3 Å². The molecule has 7 nitrogen and oxygen atoms in total. The minimum atomic E-state index is -0.822. The number of rotatable bonds is 5. The summed E-state index contributed by atoms with van der Waals surface area (Å²) in [4.78, 5) is 37.4. The number of hydrogen-bond acceptors (Lipinski definition) is 5. The van der Waals surface area contributed by atoms with E-state index in [9.17, 15) is 9.59 Å². The fourth-order valence-corrected chi connectivity index (χ4v) is 4.83. The summed E-state index contributed by atoms with van der Waals surface area (Å²) >= 11 is 0. The normalized spacial score (nSPS) is 21.9. The second-order valence-electron chi connectivity index (χ2n) is 8.87. The van der Waals surface area contributed by atoms with Crippen LogP contribution in [-0.4, -0.2) is 85.0 Å². The quantitative estimate of drug-likeness (QED) is 0.719. The van der Waals surface area contributed by atoms with Gasteiger partial charge in [-0.15, -0.1) is 0 Å². The molecule has 1 aromatic heterocycles. The first kappa shape index (κ1) is 22.4. The van der Waals surface area contributed by atoms with E-state index >= 15 is 0 Å². The Balaban J connectivity index is 1.61. The zero-order chi connectivity index (χ0) is 22.6. The van der Waals surface area contributed by atoms with E-state index in [1.165, 1.54) is 0 Å². The van der Waals surface area contributed by atoms with Crippen LogP contribution in [0.1, 0.15) is 34.5 Å². The van der Waals surface area contributed by atoms with Gasteiger partial charge >= 0.3 is 0 Å². The van der Waals surface area contributed by atoms with E-state index in [4.69, 9.17) is 4.74 Å². The van der Waals surface area contributed by atoms with Crippen LogP contribution in [0.4, 0.5) is 0 Å². The summed E-state index contributed by atoms with van der Waals surface area (Å²) in [5, 5.41) is 0. The number of carbonyl (C=O) groups excluding carboxylic acids is 2. The van der Waals surface area contributed by atoms with Crippen molar-refractivity contribution in [2.45, 2.75) is 24.8 Å². The molecule has 1 aromatic carbocycles. The number of ether oxygens (including phenoxy) is 1. The van der Waals surface area contributed by atoms with Crippen LogP contribution in [0.25, 0.3) is 0 Å². The van der Waals surface area contributed by atoms with Crippen molar-refractivity contribution in [3.8, 4) is 0 Å². The van der Waals surface area contributed by atoms with E-state index in [0.717, 1.165) is 50.5 Å². The third kappa shape index (κ3) is 4.54. The molecule has 170 valence electrons. The average Bonchev–Trinajstić information content (AvgIpc) is 2.84. The van der Waals surface area contributed by atoms with Gasteiger partial charge in [0.2, 0.25) is 5.91 Å². The van der Waals surface area contributed by atoms with Gasteiger partial charge < -0.3 is 14.5 Å². The molecule has 0 saturated carbocycles. The second kappa shape index (κ2) is 9.79. The number of nitrogens with zero attached hydrogens (tertiary/aromatic N) is 4. The molecule has 2 fully saturated rings. The summed E-state index contributed by atoms with van der Waals surface area (Å²) in [6.07, 6.45) is 3.16. The van der Waals surface area contributed by atoms with Crippen molar-refractivity contribution < 1.29 is 14.3 Å². The Labute approximate surface area is 190 Å². The molecule has 1 atom stereocenters. The van der Waals surface area contributed by atoms with E-state index in [2.05, 4.69) is 9.88 Å². The van der Waals surface area contributed by atoms with Gasteiger partial charge in [0.15, 0.2) is 0 Å². The number of aromatic nitrogens is 1. The summed E-state index contributed by atoms with van der Waals surface area (Å²) in [5.74, 6) is -0.0178. The molecule has 2 amide bonds. The number of likely N-dealkylation sites (tertiary alicyclic amines) is 1. The van der Waals surface area contributed by atoms with Crippen LogP contribution in [0.2, 0.25) is 0 Å². The van der Waals surface area contributed by atoms with Gasteiger partial charge in [0.1, 0.15) is 5.41 Å². The van der Waals surface area contributed by atoms with Gasteiger partial charge in [0, 0.05) is 58.6 Å². The van der Waals surface area contributed by atoms with Crippen molar-refractivity contribution in [2.75, 3.05) is 53.5 Å². The van der Waals surface area contributed by atoms with Gasteiger partial charge in [-0.3, -0.25) is 19.5 Å². The Bertz CT molecular complexity index is 943. The van der Waals surface area contributed by atoms with Crippen LogP contribution in [0.5, 0.6) is 0 Å². The molecule has 32 heavy (non-hydrogen) atoms. The highest BCUT2D eigenvalue weighted by Gasteiger charge is 2.47. The first-order valence-corrected chi connectivity index (χ1v) is 11.3. The third-order valence-corrected chi connectivity index (χ3v) is 6.50. The lowest BCUT2D eigenvalue weighted by atomic mass is 9.75. The summed E-state index contributed by atoms with van der Waals surface area (Å²) < 4.78 is 5.46. The van der Waals surface area contributed by atoms with Crippen LogP contribution >= 0.6 is 0 Å². The SMILES string of the molecule is CN(C)C(=O)C1(c2ccccn2)CCCN(C(=O)c2ccccc2CN2CCOCC2)C1. The largest absolute Gasteiger partial charge is 0.379 e. The number of piperidine rings is 1. The molecule has 0 spiro atoms. The van der Waals surface area contributed by atoms with E-state index in [1.54, 1.807) is 25.2 Å². The lowest BCUT2D eigenvalue weighted by molar-refractivity contribution is -0.136. The number of pyridine rings is 1. The zero-order valence-electron chi connectivity index (χ0n) is 19.0. The molecule has 0 aliphatic carbocycles. The van der Waals surface area contributed by atoms with E-state index in [-0.39, 0.29) is 11.8 Å². The summed E-state index contributed by atoms with van der Waals surface area (Å²) in [5.41, 5.74) is 1.65. The Hall–Kier alpha value is -2.77. The summed E-state index contributed by atoms with van der Waals surface area (Å²) in [6, 6.07) is 13.5. The minimum absolute atomic E-state index is 0.00435. The lowest BCUT2D eigenvalue weighted by Crippen LogP contribution is -2.56. The van der Waals surface area contributed by atoms with Crippen molar-refractivity contribution in [1.29, 1.82) is 0 Å². The van der Waals surface area contributed by atoms with Crippen molar-refractivity contribution >= 4 is 11.8 Å². The van der Waals surface area contributed by atoms with Gasteiger partial charge in [-0.05, 0) is 36.6 Å². The van der Waals surface area contributed by atoms with Crippen LogP contribution < -0.4 is 0 Å². The first-order chi connectivity index (χ1) is 15.5. The van der Waals surface area contributed by atoms with Crippen molar-refractivity contribution in [3.63, 3.8) is 0 Å². The van der Waals surface area contributed by atoms with E-state index in [1.807, 2.05) is 47.4 Å². The number of carbonyl (C=O) groups is 2. The highest BCUT2D eigenvalue weighted by atomic mass is 16.5. The van der Waals surface area contributed by atoms with Gasteiger partial charge in [0.05, 0.1) is 18.9 Å². The zero-order valence-corrected chi connectivity index (χ0v) is 19.0. The first-order valence-electron chi connectivity index (χ1n) is 11.3. The smallest absolute Gasteiger partial charge is 0.254 e. The molecule has 0 radical (unpaired) electrons. The molecule has 1 unspecified atom stereocenters. The molecular weight excluding hydrogens is 404 g/mol. The van der Waals surface area contributed by atoms with E-state index < -0.39 is 5.41 Å². The molecule has 2 saturated heterocycles. The molecule has 0 N–H and O–H groups in total. The van der Waals surface area contributed by atoms with E-state index in [0.29, 0.717) is 25.1 Å². The van der Waals surface area contributed by atoms with Crippen LogP contribution in [0.15, 0.2) is 48.7 Å². The fraction of sp³-hybridized carbons (Fsp3) is 0.480. The number of morpholine rings is 1. The highest BCUT2D eigenvalue weighted by Crippen LogP contribution is 2.35. The maximum Gasteiger partial charge on any atom is 0.254 e. The van der Waals surface area contributed by atoms with Crippen LogP contribution in [-0.2, 0) is 21.5 Å².